The Labute approximate surface area is 179 Å². The number of rotatable bonds is 5. The molecule has 0 amide bonds. The second-order valence-electron chi connectivity index (χ2n) is 7.86. The van der Waals surface area contributed by atoms with Crippen LogP contribution in [0, 0.1) is 0 Å². The van der Waals surface area contributed by atoms with E-state index >= 15 is 0 Å². The maximum absolute atomic E-state index is 13.1. The van der Waals surface area contributed by atoms with E-state index in [1.165, 1.54) is 22.2 Å². The van der Waals surface area contributed by atoms with Gasteiger partial charge in [0.2, 0.25) is 10.0 Å². The number of aryl methyl sites for hydroxylation is 1. The number of ether oxygens (including phenoxy) is 1. The van der Waals surface area contributed by atoms with Gasteiger partial charge < -0.3 is 4.74 Å². The average molecular weight is 455 g/mol. The van der Waals surface area contributed by atoms with Gasteiger partial charge in [-0.15, -0.1) is 11.3 Å². The number of piperidine rings is 1. The minimum absolute atomic E-state index is 0.00139. The molecule has 2 aromatic rings. The molecule has 0 radical (unpaired) electrons. The van der Waals surface area contributed by atoms with Crippen molar-refractivity contribution in [2.75, 3.05) is 20.2 Å². The summed E-state index contributed by atoms with van der Waals surface area (Å²) < 4.78 is 35.6. The largest absolute Gasteiger partial charge is 0.465 e. The third-order valence-electron chi connectivity index (χ3n) is 6.11. The summed E-state index contributed by atoms with van der Waals surface area (Å²) >= 11 is 1.06. The second-order valence-corrected chi connectivity index (χ2v) is 10.7. The highest BCUT2D eigenvalue weighted by atomic mass is 32.2. The quantitative estimate of drug-likeness (QED) is 0.641. The molecule has 30 heavy (non-hydrogen) atoms. The molecule has 0 N–H and O–H groups in total. The third-order valence-corrected chi connectivity index (χ3v) is 9.07. The van der Waals surface area contributed by atoms with Gasteiger partial charge in [-0.3, -0.25) is 4.57 Å². The molecule has 1 saturated heterocycles. The van der Waals surface area contributed by atoms with Crippen LogP contribution in [-0.2, 0) is 21.8 Å². The Morgan fingerprint density at radius 2 is 1.87 bits per heavy atom. The zero-order chi connectivity index (χ0) is 21.5. The van der Waals surface area contributed by atoms with Gasteiger partial charge in [-0.2, -0.15) is 9.40 Å². The molecule has 2 fully saturated rings. The molecule has 1 aliphatic carbocycles. The number of carbonyl (C=O) groups excluding carboxylic acids is 1. The van der Waals surface area contributed by atoms with Crippen LogP contribution >= 0.6 is 11.3 Å². The SMILES string of the molecule is COC(=O)c1sccc1S(=O)(=O)N1CCC(c2nn(C)c(=O)n2C2CCCC2)CC1. The van der Waals surface area contributed by atoms with E-state index in [4.69, 9.17) is 4.74 Å². The van der Waals surface area contributed by atoms with Crippen LogP contribution in [0.1, 0.15) is 66.0 Å². The Morgan fingerprint density at radius 1 is 1.20 bits per heavy atom. The number of sulfonamides is 1. The van der Waals surface area contributed by atoms with Crippen LogP contribution in [0.2, 0.25) is 0 Å². The molecule has 3 heterocycles. The molecule has 0 bridgehead atoms. The van der Waals surface area contributed by atoms with Gasteiger partial charge >= 0.3 is 11.7 Å². The van der Waals surface area contributed by atoms with Crippen molar-refractivity contribution in [1.29, 1.82) is 0 Å². The monoisotopic (exact) mass is 454 g/mol. The van der Waals surface area contributed by atoms with Crippen LogP contribution in [0.3, 0.4) is 0 Å². The van der Waals surface area contributed by atoms with Crippen molar-refractivity contribution in [1.82, 2.24) is 18.7 Å². The van der Waals surface area contributed by atoms with Crippen LogP contribution in [0.5, 0.6) is 0 Å². The first-order valence-corrected chi connectivity index (χ1v) is 12.5. The molecule has 1 aliphatic heterocycles. The smallest absolute Gasteiger partial charge is 0.349 e. The van der Waals surface area contributed by atoms with E-state index < -0.39 is 16.0 Å². The first kappa shape index (κ1) is 21.3. The van der Waals surface area contributed by atoms with E-state index in [0.29, 0.717) is 25.9 Å². The maximum Gasteiger partial charge on any atom is 0.349 e. The lowest BCUT2D eigenvalue weighted by Crippen LogP contribution is -2.39. The Bertz CT molecular complexity index is 1090. The molecule has 0 atom stereocenters. The van der Waals surface area contributed by atoms with Gasteiger partial charge in [-0.25, -0.2) is 22.7 Å². The highest BCUT2D eigenvalue weighted by Crippen LogP contribution is 2.35. The van der Waals surface area contributed by atoms with E-state index in [1.54, 1.807) is 12.4 Å². The van der Waals surface area contributed by atoms with Gasteiger partial charge in [-0.1, -0.05) is 12.8 Å². The number of esters is 1. The fraction of sp³-hybridized carbons (Fsp3) is 0.632. The molecule has 0 spiro atoms. The topological polar surface area (TPSA) is 104 Å². The number of thiophene rings is 1. The molecule has 4 rings (SSSR count). The summed E-state index contributed by atoms with van der Waals surface area (Å²) in [6.07, 6.45) is 5.37. The van der Waals surface area contributed by atoms with E-state index in [9.17, 15) is 18.0 Å². The maximum atomic E-state index is 13.1. The van der Waals surface area contributed by atoms with Crippen LogP contribution in [0.4, 0.5) is 0 Å². The van der Waals surface area contributed by atoms with E-state index in [2.05, 4.69) is 5.10 Å². The van der Waals surface area contributed by atoms with Crippen molar-refractivity contribution >= 4 is 27.3 Å². The van der Waals surface area contributed by atoms with Gasteiger partial charge in [0.05, 0.1) is 7.11 Å². The fourth-order valence-electron chi connectivity index (χ4n) is 4.52. The van der Waals surface area contributed by atoms with Crippen LogP contribution in [-0.4, -0.2) is 53.2 Å². The van der Waals surface area contributed by atoms with Crippen LogP contribution in [0.25, 0.3) is 0 Å². The van der Waals surface area contributed by atoms with E-state index in [-0.39, 0.29) is 27.4 Å². The van der Waals surface area contributed by atoms with Crippen molar-refractivity contribution in [3.05, 3.63) is 32.6 Å². The molecule has 11 heteroatoms. The molecule has 9 nitrogen and oxygen atoms in total. The summed E-state index contributed by atoms with van der Waals surface area (Å²) in [5.41, 5.74) is -0.0899. The lowest BCUT2D eigenvalue weighted by Gasteiger charge is -2.31. The normalized spacial score (nSPS) is 19.4. The first-order chi connectivity index (χ1) is 14.3. The van der Waals surface area contributed by atoms with Crippen LogP contribution < -0.4 is 5.69 Å². The van der Waals surface area contributed by atoms with Gasteiger partial charge in [0.25, 0.3) is 0 Å². The number of aromatic nitrogens is 3. The summed E-state index contributed by atoms with van der Waals surface area (Å²) in [4.78, 5) is 24.7. The highest BCUT2D eigenvalue weighted by Gasteiger charge is 2.36. The molecule has 0 unspecified atom stereocenters. The fourth-order valence-corrected chi connectivity index (χ4v) is 7.30. The van der Waals surface area contributed by atoms with Crippen molar-refractivity contribution in [2.24, 2.45) is 7.05 Å². The number of methoxy groups -OCH3 is 1. The Kier molecular flexibility index (Phi) is 5.86. The molecule has 2 aromatic heterocycles. The summed E-state index contributed by atoms with van der Waals surface area (Å²) in [5, 5.41) is 6.09. The van der Waals surface area contributed by atoms with Gasteiger partial charge in [0, 0.05) is 32.1 Å². The van der Waals surface area contributed by atoms with Crippen molar-refractivity contribution in [3.8, 4) is 0 Å². The Morgan fingerprint density at radius 3 is 2.50 bits per heavy atom. The summed E-state index contributed by atoms with van der Waals surface area (Å²) in [7, 11) is -0.885. The molecule has 0 aromatic carbocycles. The second kappa shape index (κ2) is 8.27. The molecule has 164 valence electrons. The third kappa shape index (κ3) is 3.63. The van der Waals surface area contributed by atoms with E-state index in [0.717, 1.165) is 42.8 Å². The molecular weight excluding hydrogens is 428 g/mol. The van der Waals surface area contributed by atoms with Gasteiger partial charge in [0.1, 0.15) is 15.6 Å². The van der Waals surface area contributed by atoms with Gasteiger partial charge in [-0.05, 0) is 37.1 Å². The molecule has 2 aliphatic rings. The zero-order valence-corrected chi connectivity index (χ0v) is 18.7. The molecule has 1 saturated carbocycles. The number of carbonyl (C=O) groups is 1. The van der Waals surface area contributed by atoms with Crippen LogP contribution in [0.15, 0.2) is 21.1 Å². The Hall–Kier alpha value is -1.98. The summed E-state index contributed by atoms with van der Waals surface area (Å²) in [5.74, 6) is 0.165. The predicted molar refractivity (Wildman–Crippen MR) is 111 cm³/mol. The van der Waals surface area contributed by atoms with Crippen molar-refractivity contribution < 1.29 is 17.9 Å². The lowest BCUT2D eigenvalue weighted by molar-refractivity contribution is 0.0602. The number of hydrogen-bond donors (Lipinski definition) is 0. The zero-order valence-electron chi connectivity index (χ0n) is 17.1. The molecular formula is C19H26N4O5S2. The highest BCUT2D eigenvalue weighted by molar-refractivity contribution is 7.89. The average Bonchev–Trinajstić information content (AvgIpc) is 3.49. The van der Waals surface area contributed by atoms with Crippen molar-refractivity contribution in [3.63, 3.8) is 0 Å². The lowest BCUT2D eigenvalue weighted by atomic mass is 9.97. The first-order valence-electron chi connectivity index (χ1n) is 10.2. The minimum Gasteiger partial charge on any atom is -0.465 e. The number of nitrogens with zero attached hydrogens (tertiary/aromatic N) is 4. The Balaban J connectivity index is 1.54. The van der Waals surface area contributed by atoms with Crippen molar-refractivity contribution in [2.45, 2.75) is 55.4 Å². The summed E-state index contributed by atoms with van der Waals surface area (Å²) in [6.45, 7) is 0.637. The van der Waals surface area contributed by atoms with E-state index in [1.807, 2.05) is 4.57 Å². The van der Waals surface area contributed by atoms with Gasteiger partial charge in [0.15, 0.2) is 0 Å². The standard InChI is InChI=1S/C19H26N4O5S2/c1-21-19(25)23(14-5-3-4-6-14)17(20-21)13-7-10-22(11-8-13)30(26,27)15-9-12-29-16(15)18(24)28-2/h9,12-14H,3-8,10-11H2,1-2H3. The predicted octanol–water partition coefficient (Wildman–Crippen LogP) is 2.11. The number of hydrogen-bond acceptors (Lipinski definition) is 7. The minimum atomic E-state index is -3.79. The summed E-state index contributed by atoms with van der Waals surface area (Å²) in [6, 6.07) is 1.64.